The largest absolute Gasteiger partial charge is 0.355 e. The lowest BCUT2D eigenvalue weighted by Crippen LogP contribution is -2.28. The Balaban J connectivity index is 2.17. The van der Waals surface area contributed by atoms with Crippen molar-refractivity contribution in [2.24, 2.45) is 0 Å². The second-order valence-electron chi connectivity index (χ2n) is 4.25. The molecule has 1 fully saturated rings. The fraction of sp³-hybridized carbons (Fsp3) is 0.462. The van der Waals surface area contributed by atoms with Crippen LogP contribution in [0.4, 0.5) is 0 Å². The van der Waals surface area contributed by atoms with E-state index in [2.05, 4.69) is 16.7 Å². The van der Waals surface area contributed by atoms with Crippen LogP contribution in [-0.4, -0.2) is 26.0 Å². The first-order chi connectivity index (χ1) is 7.81. The number of hydrogen-bond donors (Lipinski definition) is 2. The molecule has 1 aromatic carbocycles. The van der Waals surface area contributed by atoms with Gasteiger partial charge in [-0.1, -0.05) is 12.1 Å². The Morgan fingerprint density at radius 1 is 1.50 bits per heavy atom. The van der Waals surface area contributed by atoms with Crippen molar-refractivity contribution in [1.82, 2.24) is 10.6 Å². The maximum atomic E-state index is 11.5. The minimum atomic E-state index is -0.00869. The molecule has 0 bridgehead atoms. The van der Waals surface area contributed by atoms with Crippen molar-refractivity contribution in [3.05, 3.63) is 35.4 Å². The summed E-state index contributed by atoms with van der Waals surface area (Å²) < 4.78 is 0. The molecule has 16 heavy (non-hydrogen) atoms. The SMILES string of the molecule is CNC(=O)c1cccc([C@@H]2CCCNC2)c1. The normalized spacial score (nSPS) is 20.4. The fourth-order valence-corrected chi connectivity index (χ4v) is 2.21. The van der Waals surface area contributed by atoms with Gasteiger partial charge in [0.15, 0.2) is 0 Å². The van der Waals surface area contributed by atoms with Gasteiger partial charge in [-0.3, -0.25) is 4.79 Å². The summed E-state index contributed by atoms with van der Waals surface area (Å²) in [6.07, 6.45) is 2.43. The zero-order chi connectivity index (χ0) is 11.4. The highest BCUT2D eigenvalue weighted by atomic mass is 16.1. The quantitative estimate of drug-likeness (QED) is 0.790. The van der Waals surface area contributed by atoms with Gasteiger partial charge in [0.05, 0.1) is 0 Å². The van der Waals surface area contributed by atoms with Gasteiger partial charge in [-0.05, 0) is 43.0 Å². The fourth-order valence-electron chi connectivity index (χ4n) is 2.21. The van der Waals surface area contributed by atoms with Crippen LogP contribution in [0.2, 0.25) is 0 Å². The van der Waals surface area contributed by atoms with E-state index in [1.165, 1.54) is 18.4 Å². The lowest BCUT2D eigenvalue weighted by Gasteiger charge is -2.23. The van der Waals surface area contributed by atoms with E-state index in [1.54, 1.807) is 7.05 Å². The predicted molar refractivity (Wildman–Crippen MR) is 64.7 cm³/mol. The Labute approximate surface area is 96.2 Å². The molecular weight excluding hydrogens is 200 g/mol. The Kier molecular flexibility index (Phi) is 3.57. The third-order valence-corrected chi connectivity index (χ3v) is 3.14. The number of carbonyl (C=O) groups excluding carboxylic acids is 1. The molecule has 1 aromatic rings. The molecule has 0 aromatic heterocycles. The van der Waals surface area contributed by atoms with Crippen LogP contribution in [-0.2, 0) is 0 Å². The molecule has 0 aliphatic carbocycles. The molecule has 3 nitrogen and oxygen atoms in total. The van der Waals surface area contributed by atoms with Crippen molar-refractivity contribution < 1.29 is 4.79 Å². The van der Waals surface area contributed by atoms with Gasteiger partial charge in [-0.25, -0.2) is 0 Å². The second kappa shape index (κ2) is 5.12. The molecule has 0 radical (unpaired) electrons. The van der Waals surface area contributed by atoms with Crippen LogP contribution < -0.4 is 10.6 Å². The van der Waals surface area contributed by atoms with Crippen LogP contribution in [0.3, 0.4) is 0 Å². The molecule has 0 spiro atoms. The molecule has 1 aliphatic rings. The zero-order valence-electron chi connectivity index (χ0n) is 9.62. The smallest absolute Gasteiger partial charge is 0.251 e. The van der Waals surface area contributed by atoms with Crippen LogP contribution in [0.25, 0.3) is 0 Å². The number of carbonyl (C=O) groups is 1. The minimum absolute atomic E-state index is 0.00869. The molecule has 86 valence electrons. The number of nitrogens with one attached hydrogen (secondary N) is 2. The molecule has 1 atom stereocenters. The molecule has 1 aliphatic heterocycles. The van der Waals surface area contributed by atoms with E-state index in [-0.39, 0.29) is 5.91 Å². The van der Waals surface area contributed by atoms with E-state index in [0.717, 1.165) is 18.7 Å². The van der Waals surface area contributed by atoms with Crippen molar-refractivity contribution in [3.8, 4) is 0 Å². The number of amides is 1. The van der Waals surface area contributed by atoms with E-state index >= 15 is 0 Å². The Bertz CT molecular complexity index is 370. The second-order valence-corrected chi connectivity index (χ2v) is 4.25. The third kappa shape index (κ3) is 2.42. The van der Waals surface area contributed by atoms with Gasteiger partial charge in [0.2, 0.25) is 0 Å². The maximum absolute atomic E-state index is 11.5. The average molecular weight is 218 g/mol. The first-order valence-electron chi connectivity index (χ1n) is 5.84. The van der Waals surface area contributed by atoms with Gasteiger partial charge < -0.3 is 10.6 Å². The van der Waals surface area contributed by atoms with Crippen molar-refractivity contribution >= 4 is 5.91 Å². The predicted octanol–water partition coefficient (Wildman–Crippen LogP) is 1.51. The molecule has 3 heteroatoms. The summed E-state index contributed by atoms with van der Waals surface area (Å²) in [5, 5.41) is 6.05. The highest BCUT2D eigenvalue weighted by Crippen LogP contribution is 2.23. The zero-order valence-corrected chi connectivity index (χ0v) is 9.62. The van der Waals surface area contributed by atoms with E-state index in [0.29, 0.717) is 5.92 Å². The summed E-state index contributed by atoms with van der Waals surface area (Å²) in [4.78, 5) is 11.5. The molecule has 2 rings (SSSR count). The minimum Gasteiger partial charge on any atom is -0.355 e. The van der Waals surface area contributed by atoms with Crippen molar-refractivity contribution in [1.29, 1.82) is 0 Å². The Morgan fingerprint density at radius 2 is 2.38 bits per heavy atom. The number of rotatable bonds is 2. The number of benzene rings is 1. The standard InChI is InChI=1S/C13H18N2O/c1-14-13(16)11-5-2-4-10(8-11)12-6-3-7-15-9-12/h2,4-5,8,12,15H,3,6-7,9H2,1H3,(H,14,16)/t12-/m1/s1. The summed E-state index contributed by atoms with van der Waals surface area (Å²) in [5.41, 5.74) is 2.03. The first kappa shape index (κ1) is 11.1. The topological polar surface area (TPSA) is 41.1 Å². The van der Waals surface area contributed by atoms with E-state index < -0.39 is 0 Å². The molecule has 2 N–H and O–H groups in total. The third-order valence-electron chi connectivity index (χ3n) is 3.14. The molecular formula is C13H18N2O. The highest BCUT2D eigenvalue weighted by molar-refractivity contribution is 5.94. The summed E-state index contributed by atoms with van der Waals surface area (Å²) in [6.45, 7) is 2.14. The lowest BCUT2D eigenvalue weighted by molar-refractivity contribution is 0.0963. The van der Waals surface area contributed by atoms with Gasteiger partial charge in [-0.15, -0.1) is 0 Å². The van der Waals surface area contributed by atoms with Crippen molar-refractivity contribution in [3.63, 3.8) is 0 Å². The van der Waals surface area contributed by atoms with E-state index in [4.69, 9.17) is 0 Å². The van der Waals surface area contributed by atoms with Crippen molar-refractivity contribution in [2.45, 2.75) is 18.8 Å². The van der Waals surface area contributed by atoms with Gasteiger partial charge >= 0.3 is 0 Å². The first-order valence-corrected chi connectivity index (χ1v) is 5.84. The Hall–Kier alpha value is -1.35. The monoisotopic (exact) mass is 218 g/mol. The average Bonchev–Trinajstić information content (AvgIpc) is 2.39. The van der Waals surface area contributed by atoms with Crippen LogP contribution in [0.1, 0.15) is 34.7 Å². The van der Waals surface area contributed by atoms with Gasteiger partial charge in [-0.2, -0.15) is 0 Å². The van der Waals surface area contributed by atoms with Crippen LogP contribution in [0, 0.1) is 0 Å². The van der Waals surface area contributed by atoms with E-state index in [1.807, 2.05) is 18.2 Å². The van der Waals surface area contributed by atoms with E-state index in [9.17, 15) is 4.79 Å². The summed E-state index contributed by atoms with van der Waals surface area (Å²) >= 11 is 0. The van der Waals surface area contributed by atoms with Gasteiger partial charge in [0, 0.05) is 19.2 Å². The summed E-state index contributed by atoms with van der Waals surface area (Å²) in [7, 11) is 1.66. The highest BCUT2D eigenvalue weighted by Gasteiger charge is 2.15. The number of piperidine rings is 1. The van der Waals surface area contributed by atoms with Gasteiger partial charge in [0.1, 0.15) is 0 Å². The summed E-state index contributed by atoms with van der Waals surface area (Å²) in [5.74, 6) is 0.545. The van der Waals surface area contributed by atoms with Crippen LogP contribution in [0.15, 0.2) is 24.3 Å². The number of hydrogen-bond acceptors (Lipinski definition) is 2. The molecule has 0 unspecified atom stereocenters. The van der Waals surface area contributed by atoms with Crippen LogP contribution in [0.5, 0.6) is 0 Å². The van der Waals surface area contributed by atoms with Crippen LogP contribution >= 0.6 is 0 Å². The maximum Gasteiger partial charge on any atom is 0.251 e. The lowest BCUT2D eigenvalue weighted by atomic mass is 9.90. The summed E-state index contributed by atoms with van der Waals surface area (Å²) in [6, 6.07) is 7.95. The van der Waals surface area contributed by atoms with Crippen molar-refractivity contribution in [2.75, 3.05) is 20.1 Å². The molecule has 1 saturated heterocycles. The van der Waals surface area contributed by atoms with Gasteiger partial charge in [0.25, 0.3) is 5.91 Å². The Morgan fingerprint density at radius 3 is 3.06 bits per heavy atom. The molecule has 1 heterocycles. The molecule has 0 saturated carbocycles. The molecule has 1 amide bonds.